The molecule has 3 aromatic rings. The van der Waals surface area contributed by atoms with E-state index in [1.54, 1.807) is 44.2 Å². The largest absolute Gasteiger partial charge is 0.455 e. The summed E-state index contributed by atoms with van der Waals surface area (Å²) in [5.41, 5.74) is 0.447. The minimum atomic E-state index is -3.70. The molecule has 0 atom stereocenters. The molecule has 1 amide bonds. The molecule has 0 aliphatic carbocycles. The standard InChI is InChI=1S/C22H23N3O4S/c1-3-25(4-2)30(27,28)18-13-14-21(29-17-10-6-5-7-11-17)20(16-18)24-22(26)19-12-8-9-15-23-19/h5-16H,3-4H2,1-2H3,(H,24,26). The number of carbonyl (C=O) groups excluding carboxylic acids is 1. The molecular weight excluding hydrogens is 402 g/mol. The summed E-state index contributed by atoms with van der Waals surface area (Å²) >= 11 is 0. The Morgan fingerprint density at radius 1 is 1.00 bits per heavy atom. The third-order valence-corrected chi connectivity index (χ3v) is 6.46. The van der Waals surface area contributed by atoms with Crippen molar-refractivity contribution in [2.75, 3.05) is 18.4 Å². The lowest BCUT2D eigenvalue weighted by atomic mass is 10.2. The van der Waals surface area contributed by atoms with E-state index in [0.717, 1.165) is 0 Å². The van der Waals surface area contributed by atoms with Gasteiger partial charge in [0.15, 0.2) is 5.75 Å². The lowest BCUT2D eigenvalue weighted by Crippen LogP contribution is -2.30. The maximum atomic E-state index is 12.9. The fourth-order valence-electron chi connectivity index (χ4n) is 2.87. The molecule has 8 heteroatoms. The van der Waals surface area contributed by atoms with Crippen molar-refractivity contribution in [3.63, 3.8) is 0 Å². The van der Waals surface area contributed by atoms with Gasteiger partial charge in [-0.2, -0.15) is 4.31 Å². The van der Waals surface area contributed by atoms with E-state index in [1.807, 2.05) is 18.2 Å². The molecule has 0 aliphatic heterocycles. The second-order valence-corrected chi connectivity index (χ2v) is 8.27. The van der Waals surface area contributed by atoms with Crippen LogP contribution in [0.15, 0.2) is 77.8 Å². The quantitative estimate of drug-likeness (QED) is 0.585. The highest BCUT2D eigenvalue weighted by molar-refractivity contribution is 7.89. The number of rotatable bonds is 8. The number of pyridine rings is 1. The number of carbonyl (C=O) groups is 1. The van der Waals surface area contributed by atoms with Crippen molar-refractivity contribution in [2.24, 2.45) is 0 Å². The number of benzene rings is 2. The van der Waals surface area contributed by atoms with Crippen LogP contribution in [0, 0.1) is 0 Å². The van der Waals surface area contributed by atoms with Gasteiger partial charge in [0.1, 0.15) is 11.4 Å². The molecule has 3 rings (SSSR count). The van der Waals surface area contributed by atoms with E-state index in [0.29, 0.717) is 24.6 Å². The van der Waals surface area contributed by atoms with Gasteiger partial charge in [0.2, 0.25) is 10.0 Å². The van der Waals surface area contributed by atoms with E-state index in [4.69, 9.17) is 4.74 Å². The molecule has 1 heterocycles. The van der Waals surface area contributed by atoms with E-state index in [9.17, 15) is 13.2 Å². The first-order valence-corrected chi connectivity index (χ1v) is 11.0. The molecule has 1 N–H and O–H groups in total. The zero-order chi connectivity index (χ0) is 21.6. The number of nitrogens with one attached hydrogen (secondary N) is 1. The second kappa shape index (κ2) is 9.51. The Kier molecular flexibility index (Phi) is 6.81. The number of nitrogens with zero attached hydrogens (tertiary/aromatic N) is 2. The topological polar surface area (TPSA) is 88.6 Å². The Morgan fingerprint density at radius 3 is 2.33 bits per heavy atom. The molecule has 0 radical (unpaired) electrons. The number of ether oxygens (including phenoxy) is 1. The van der Waals surface area contributed by atoms with Crippen LogP contribution in [0.2, 0.25) is 0 Å². The fourth-order valence-corrected chi connectivity index (χ4v) is 4.35. The maximum absolute atomic E-state index is 12.9. The number of anilines is 1. The van der Waals surface area contributed by atoms with Crippen LogP contribution in [0.3, 0.4) is 0 Å². The number of para-hydroxylation sites is 1. The predicted molar refractivity (Wildman–Crippen MR) is 115 cm³/mol. The van der Waals surface area contributed by atoms with Crippen molar-refractivity contribution >= 4 is 21.6 Å². The van der Waals surface area contributed by atoms with Crippen LogP contribution in [-0.2, 0) is 10.0 Å². The lowest BCUT2D eigenvalue weighted by Gasteiger charge is -2.20. The van der Waals surface area contributed by atoms with E-state index >= 15 is 0 Å². The first-order valence-electron chi connectivity index (χ1n) is 9.55. The zero-order valence-electron chi connectivity index (χ0n) is 16.8. The highest BCUT2D eigenvalue weighted by atomic mass is 32.2. The third kappa shape index (κ3) is 4.84. The number of amides is 1. The van der Waals surface area contributed by atoms with Gasteiger partial charge in [-0.1, -0.05) is 38.1 Å². The van der Waals surface area contributed by atoms with Crippen molar-refractivity contribution in [3.05, 3.63) is 78.6 Å². The SMILES string of the molecule is CCN(CC)S(=O)(=O)c1ccc(Oc2ccccc2)c(NC(=O)c2ccccn2)c1. The summed E-state index contributed by atoms with van der Waals surface area (Å²) in [7, 11) is -3.70. The summed E-state index contributed by atoms with van der Waals surface area (Å²) in [4.78, 5) is 16.7. The molecule has 1 aromatic heterocycles. The molecular formula is C22H23N3O4S. The van der Waals surface area contributed by atoms with Gasteiger partial charge in [-0.05, 0) is 42.5 Å². The van der Waals surface area contributed by atoms with Gasteiger partial charge >= 0.3 is 0 Å². The van der Waals surface area contributed by atoms with Crippen LogP contribution < -0.4 is 10.1 Å². The molecule has 0 spiro atoms. The van der Waals surface area contributed by atoms with Gasteiger partial charge < -0.3 is 10.1 Å². The molecule has 0 saturated carbocycles. The fraction of sp³-hybridized carbons (Fsp3) is 0.182. The van der Waals surface area contributed by atoms with E-state index in [1.165, 1.54) is 28.7 Å². The van der Waals surface area contributed by atoms with Gasteiger partial charge in [0.05, 0.1) is 10.6 Å². The normalized spacial score (nSPS) is 11.3. The highest BCUT2D eigenvalue weighted by Gasteiger charge is 2.24. The van der Waals surface area contributed by atoms with Crippen molar-refractivity contribution in [1.29, 1.82) is 0 Å². The maximum Gasteiger partial charge on any atom is 0.274 e. The summed E-state index contributed by atoms with van der Waals surface area (Å²) in [6, 6.07) is 18.4. The van der Waals surface area contributed by atoms with Gasteiger partial charge in [-0.15, -0.1) is 0 Å². The summed E-state index contributed by atoms with van der Waals surface area (Å²) in [6.45, 7) is 4.24. The average Bonchev–Trinajstić information content (AvgIpc) is 2.77. The highest BCUT2D eigenvalue weighted by Crippen LogP contribution is 2.33. The second-order valence-electron chi connectivity index (χ2n) is 6.33. The molecule has 0 fully saturated rings. The van der Waals surface area contributed by atoms with E-state index < -0.39 is 15.9 Å². The van der Waals surface area contributed by atoms with Crippen LogP contribution in [-0.4, -0.2) is 36.7 Å². The summed E-state index contributed by atoms with van der Waals surface area (Å²) in [5.74, 6) is 0.417. The van der Waals surface area contributed by atoms with Crippen LogP contribution in [0.4, 0.5) is 5.69 Å². The average molecular weight is 426 g/mol. The summed E-state index contributed by atoms with van der Waals surface area (Å²) in [5, 5.41) is 2.73. The first-order chi connectivity index (χ1) is 14.5. The summed E-state index contributed by atoms with van der Waals surface area (Å²) in [6.07, 6.45) is 1.51. The third-order valence-electron chi connectivity index (χ3n) is 4.41. The molecule has 156 valence electrons. The number of aromatic nitrogens is 1. The number of hydrogen-bond acceptors (Lipinski definition) is 5. The predicted octanol–water partition coefficient (Wildman–Crippen LogP) is 4.16. The molecule has 0 saturated heterocycles. The van der Waals surface area contributed by atoms with Crippen LogP contribution >= 0.6 is 0 Å². The smallest absolute Gasteiger partial charge is 0.274 e. The Labute approximate surface area is 176 Å². The Hall–Kier alpha value is -3.23. The van der Waals surface area contributed by atoms with Crippen LogP contribution in [0.5, 0.6) is 11.5 Å². The lowest BCUT2D eigenvalue weighted by molar-refractivity contribution is 0.102. The van der Waals surface area contributed by atoms with Gasteiger partial charge in [-0.25, -0.2) is 8.42 Å². The van der Waals surface area contributed by atoms with Crippen molar-refractivity contribution in [1.82, 2.24) is 9.29 Å². The van der Waals surface area contributed by atoms with Crippen molar-refractivity contribution in [2.45, 2.75) is 18.7 Å². The van der Waals surface area contributed by atoms with Crippen molar-refractivity contribution in [3.8, 4) is 11.5 Å². The van der Waals surface area contributed by atoms with Crippen molar-refractivity contribution < 1.29 is 17.9 Å². The van der Waals surface area contributed by atoms with Gasteiger partial charge in [0.25, 0.3) is 5.91 Å². The molecule has 30 heavy (non-hydrogen) atoms. The Bertz CT molecular complexity index is 1100. The van der Waals surface area contributed by atoms with Gasteiger partial charge in [0, 0.05) is 19.3 Å². The molecule has 7 nitrogen and oxygen atoms in total. The van der Waals surface area contributed by atoms with Crippen LogP contribution in [0.1, 0.15) is 24.3 Å². The minimum absolute atomic E-state index is 0.0722. The number of hydrogen-bond donors (Lipinski definition) is 1. The molecule has 0 unspecified atom stereocenters. The Balaban J connectivity index is 2.01. The summed E-state index contributed by atoms with van der Waals surface area (Å²) < 4.78 is 33.1. The monoisotopic (exact) mass is 425 g/mol. The van der Waals surface area contributed by atoms with E-state index in [2.05, 4.69) is 10.3 Å². The Morgan fingerprint density at radius 2 is 1.70 bits per heavy atom. The molecule has 0 bridgehead atoms. The minimum Gasteiger partial charge on any atom is -0.455 e. The van der Waals surface area contributed by atoms with Gasteiger partial charge in [-0.3, -0.25) is 9.78 Å². The van der Waals surface area contributed by atoms with Crippen LogP contribution in [0.25, 0.3) is 0 Å². The molecule has 2 aromatic carbocycles. The first kappa shape index (κ1) is 21.5. The number of sulfonamides is 1. The zero-order valence-corrected chi connectivity index (χ0v) is 17.6. The van der Waals surface area contributed by atoms with E-state index in [-0.39, 0.29) is 16.3 Å². The molecule has 0 aliphatic rings.